The molecule has 122 valence electrons. The monoisotopic (exact) mass is 307 g/mol. The fourth-order valence-corrected chi connectivity index (χ4v) is 1.99. The molecule has 0 heterocycles. The van der Waals surface area contributed by atoms with Crippen LogP contribution >= 0.6 is 0 Å². The zero-order chi connectivity index (χ0) is 16.7. The van der Waals surface area contributed by atoms with Gasteiger partial charge in [-0.2, -0.15) is 0 Å². The van der Waals surface area contributed by atoms with Gasteiger partial charge in [-0.25, -0.2) is 4.79 Å². The summed E-state index contributed by atoms with van der Waals surface area (Å²) in [5, 5.41) is 2.69. The molecule has 0 aliphatic heterocycles. The molecule has 1 N–H and O–H groups in total. The Morgan fingerprint density at radius 3 is 2.23 bits per heavy atom. The third kappa shape index (κ3) is 5.76. The summed E-state index contributed by atoms with van der Waals surface area (Å²) in [7, 11) is 1.31. The van der Waals surface area contributed by atoms with Gasteiger partial charge in [0.15, 0.2) is 6.10 Å². The van der Waals surface area contributed by atoms with Crippen molar-refractivity contribution in [2.24, 2.45) is 5.92 Å². The van der Waals surface area contributed by atoms with Gasteiger partial charge in [0.25, 0.3) is 5.91 Å². The first-order valence-electron chi connectivity index (χ1n) is 7.45. The molecule has 22 heavy (non-hydrogen) atoms. The summed E-state index contributed by atoms with van der Waals surface area (Å²) < 4.78 is 10.3. The average Bonchev–Trinajstić information content (AvgIpc) is 2.47. The molecule has 1 rings (SSSR count). The largest absolute Gasteiger partial charge is 0.481 e. The Balaban J connectivity index is 2.64. The maximum atomic E-state index is 12.2. The van der Waals surface area contributed by atoms with Crippen LogP contribution in [0.15, 0.2) is 24.3 Å². The zero-order valence-electron chi connectivity index (χ0n) is 13.9. The molecule has 0 radical (unpaired) electrons. The van der Waals surface area contributed by atoms with Gasteiger partial charge in [0, 0.05) is 0 Å². The molecule has 5 heteroatoms. The number of ether oxygens (including phenoxy) is 2. The highest BCUT2D eigenvalue weighted by atomic mass is 16.5. The van der Waals surface area contributed by atoms with Gasteiger partial charge in [-0.1, -0.05) is 31.5 Å². The Morgan fingerprint density at radius 2 is 1.73 bits per heavy atom. The van der Waals surface area contributed by atoms with E-state index < -0.39 is 18.1 Å². The highest BCUT2D eigenvalue weighted by Crippen LogP contribution is 2.14. The second kappa shape index (κ2) is 8.41. The molecular formula is C17H25NO4. The summed E-state index contributed by atoms with van der Waals surface area (Å²) >= 11 is 0. The summed E-state index contributed by atoms with van der Waals surface area (Å²) in [6.45, 7) is 7.59. The summed E-state index contributed by atoms with van der Waals surface area (Å²) in [5.74, 6) is 0.102. The van der Waals surface area contributed by atoms with Gasteiger partial charge in [0.2, 0.25) is 0 Å². The molecule has 2 unspecified atom stereocenters. The van der Waals surface area contributed by atoms with E-state index in [2.05, 4.69) is 5.32 Å². The van der Waals surface area contributed by atoms with Crippen LogP contribution in [-0.4, -0.2) is 31.1 Å². The number of hydrogen-bond acceptors (Lipinski definition) is 4. The van der Waals surface area contributed by atoms with Crippen molar-refractivity contribution in [3.63, 3.8) is 0 Å². The molecule has 1 aromatic rings. The maximum absolute atomic E-state index is 12.2. The van der Waals surface area contributed by atoms with Crippen LogP contribution in [0.5, 0.6) is 5.75 Å². The highest BCUT2D eigenvalue weighted by Gasteiger charge is 2.25. The normalized spacial score (nSPS) is 13.4. The first-order chi connectivity index (χ1) is 10.3. The molecule has 0 fully saturated rings. The Hall–Kier alpha value is -2.04. The van der Waals surface area contributed by atoms with Gasteiger partial charge in [-0.05, 0) is 38.3 Å². The van der Waals surface area contributed by atoms with Gasteiger partial charge in [-0.15, -0.1) is 0 Å². The summed E-state index contributed by atoms with van der Waals surface area (Å²) in [6.07, 6.45) is -0.169. The van der Waals surface area contributed by atoms with Crippen molar-refractivity contribution < 1.29 is 19.1 Å². The van der Waals surface area contributed by atoms with E-state index in [0.29, 0.717) is 12.2 Å². The summed E-state index contributed by atoms with van der Waals surface area (Å²) in [6, 6.07) is 6.80. The van der Waals surface area contributed by atoms with E-state index in [1.807, 2.05) is 45.0 Å². The number of rotatable bonds is 7. The van der Waals surface area contributed by atoms with E-state index in [0.717, 1.165) is 5.56 Å². The molecular weight excluding hydrogens is 282 g/mol. The fraction of sp³-hybridized carbons (Fsp3) is 0.529. The minimum Gasteiger partial charge on any atom is -0.481 e. The smallest absolute Gasteiger partial charge is 0.328 e. The molecule has 2 atom stereocenters. The van der Waals surface area contributed by atoms with Crippen molar-refractivity contribution in [2.45, 2.75) is 46.3 Å². The zero-order valence-corrected chi connectivity index (χ0v) is 13.9. The van der Waals surface area contributed by atoms with Crippen LogP contribution in [-0.2, 0) is 14.3 Å². The van der Waals surface area contributed by atoms with Crippen molar-refractivity contribution in [2.75, 3.05) is 7.11 Å². The number of carbonyl (C=O) groups is 2. The van der Waals surface area contributed by atoms with Crippen LogP contribution in [0.2, 0.25) is 0 Å². The second-order valence-corrected chi connectivity index (χ2v) is 5.79. The van der Waals surface area contributed by atoms with E-state index in [9.17, 15) is 9.59 Å². The van der Waals surface area contributed by atoms with Crippen molar-refractivity contribution in [1.82, 2.24) is 5.32 Å². The second-order valence-electron chi connectivity index (χ2n) is 5.79. The van der Waals surface area contributed by atoms with Crippen molar-refractivity contribution in [3.8, 4) is 5.75 Å². The fourth-order valence-electron chi connectivity index (χ4n) is 1.99. The first kappa shape index (κ1) is 18.0. The minimum atomic E-state index is -0.693. The molecule has 0 saturated carbocycles. The van der Waals surface area contributed by atoms with Crippen LogP contribution in [0.25, 0.3) is 0 Å². The number of hydrogen-bond donors (Lipinski definition) is 1. The van der Waals surface area contributed by atoms with Crippen molar-refractivity contribution in [1.29, 1.82) is 0 Å². The van der Waals surface area contributed by atoms with Gasteiger partial charge in [0.05, 0.1) is 7.11 Å². The van der Waals surface area contributed by atoms with Gasteiger partial charge >= 0.3 is 5.97 Å². The van der Waals surface area contributed by atoms with Crippen molar-refractivity contribution in [3.05, 3.63) is 29.8 Å². The van der Waals surface area contributed by atoms with Crippen LogP contribution in [0.3, 0.4) is 0 Å². The Kier molecular flexibility index (Phi) is 6.89. The quantitative estimate of drug-likeness (QED) is 0.786. The lowest BCUT2D eigenvalue weighted by Gasteiger charge is -2.21. The van der Waals surface area contributed by atoms with Crippen LogP contribution < -0.4 is 10.1 Å². The predicted molar refractivity (Wildman–Crippen MR) is 84.7 cm³/mol. The third-order valence-electron chi connectivity index (χ3n) is 3.21. The molecule has 0 aliphatic rings. The maximum Gasteiger partial charge on any atom is 0.328 e. The van der Waals surface area contributed by atoms with E-state index >= 15 is 0 Å². The predicted octanol–water partition coefficient (Wildman–Crippen LogP) is 2.47. The standard InChI is InChI=1S/C17H25NO4/c1-11(2)10-15(17(20)21-5)18-16(19)13(4)22-14-8-6-12(3)7-9-14/h6-9,11,13,15H,10H2,1-5H3,(H,18,19). The topological polar surface area (TPSA) is 64.6 Å². The molecule has 1 amide bonds. The lowest BCUT2D eigenvalue weighted by molar-refractivity contribution is -0.146. The number of carbonyl (C=O) groups excluding carboxylic acids is 2. The van der Waals surface area contributed by atoms with E-state index in [-0.39, 0.29) is 11.8 Å². The summed E-state index contributed by atoms with van der Waals surface area (Å²) in [5.41, 5.74) is 1.12. The summed E-state index contributed by atoms with van der Waals surface area (Å²) in [4.78, 5) is 23.9. The highest BCUT2D eigenvalue weighted by molar-refractivity contribution is 5.86. The minimum absolute atomic E-state index is 0.262. The van der Waals surface area contributed by atoms with E-state index in [4.69, 9.17) is 9.47 Å². The first-order valence-corrected chi connectivity index (χ1v) is 7.45. The molecule has 0 saturated heterocycles. The molecule has 0 aliphatic carbocycles. The third-order valence-corrected chi connectivity index (χ3v) is 3.21. The number of amides is 1. The molecule has 0 spiro atoms. The number of benzene rings is 1. The van der Waals surface area contributed by atoms with Crippen LogP contribution in [0.1, 0.15) is 32.8 Å². The molecule has 5 nitrogen and oxygen atoms in total. The SMILES string of the molecule is COC(=O)C(CC(C)C)NC(=O)C(C)Oc1ccc(C)cc1. The van der Waals surface area contributed by atoms with E-state index in [1.165, 1.54) is 7.11 Å². The number of esters is 1. The van der Waals surface area contributed by atoms with Crippen LogP contribution in [0, 0.1) is 12.8 Å². The Labute approximate surface area is 132 Å². The van der Waals surface area contributed by atoms with Gasteiger partial charge in [-0.3, -0.25) is 4.79 Å². The molecule has 0 bridgehead atoms. The average molecular weight is 307 g/mol. The van der Waals surface area contributed by atoms with Crippen LogP contribution in [0.4, 0.5) is 0 Å². The lowest BCUT2D eigenvalue weighted by Crippen LogP contribution is -2.47. The number of methoxy groups -OCH3 is 1. The van der Waals surface area contributed by atoms with Crippen molar-refractivity contribution >= 4 is 11.9 Å². The molecule has 1 aromatic carbocycles. The number of nitrogens with one attached hydrogen (secondary N) is 1. The Bertz CT molecular complexity index is 496. The molecule has 0 aromatic heterocycles. The Morgan fingerprint density at radius 1 is 1.14 bits per heavy atom. The van der Waals surface area contributed by atoms with Gasteiger partial charge < -0.3 is 14.8 Å². The number of aryl methyl sites for hydroxylation is 1. The van der Waals surface area contributed by atoms with Gasteiger partial charge in [0.1, 0.15) is 11.8 Å². The lowest BCUT2D eigenvalue weighted by atomic mass is 10.0. The van der Waals surface area contributed by atoms with E-state index in [1.54, 1.807) is 6.92 Å².